The summed E-state index contributed by atoms with van der Waals surface area (Å²) in [5, 5.41) is 0.133. The molecule has 0 bridgehead atoms. The third-order valence-electron chi connectivity index (χ3n) is 3.03. The van der Waals surface area contributed by atoms with Crippen molar-refractivity contribution in [1.82, 2.24) is 14.7 Å². The van der Waals surface area contributed by atoms with Crippen LogP contribution in [0.25, 0.3) is 11.2 Å². The lowest BCUT2D eigenvalue weighted by Crippen LogP contribution is -2.23. The number of nitrogens with zero attached hydrogens (tertiary/aromatic N) is 3. The Morgan fingerprint density at radius 2 is 1.96 bits per heavy atom. The standard InChI is InChI=1S/C14H10ClF2N3O3S/c15-10-6-11-13(18-7-10)19-14(12(16)17)20(11)23-24(21,22)8-9-4-2-1-3-5-9/h1-7,12H,8H2. The van der Waals surface area contributed by atoms with Crippen molar-refractivity contribution in [2.45, 2.75) is 12.2 Å². The van der Waals surface area contributed by atoms with Crippen LogP contribution in [0.1, 0.15) is 17.8 Å². The Morgan fingerprint density at radius 1 is 1.25 bits per heavy atom. The van der Waals surface area contributed by atoms with Gasteiger partial charge in [-0.2, -0.15) is 8.42 Å². The molecule has 0 aliphatic heterocycles. The molecule has 0 saturated carbocycles. The average Bonchev–Trinajstić information content (AvgIpc) is 2.85. The molecule has 126 valence electrons. The van der Waals surface area contributed by atoms with E-state index in [1.807, 2.05) is 0 Å². The highest BCUT2D eigenvalue weighted by atomic mass is 35.5. The lowest BCUT2D eigenvalue weighted by molar-refractivity contribution is 0.117. The number of imidazole rings is 1. The molecule has 0 radical (unpaired) electrons. The number of aromatic nitrogens is 3. The maximum Gasteiger partial charge on any atom is 0.331 e. The Bertz CT molecular complexity index is 978. The molecular weight excluding hydrogens is 364 g/mol. The third-order valence-corrected chi connectivity index (χ3v) is 4.30. The van der Waals surface area contributed by atoms with Crippen molar-refractivity contribution in [3.8, 4) is 0 Å². The van der Waals surface area contributed by atoms with Crippen molar-refractivity contribution in [2.75, 3.05) is 0 Å². The smallest absolute Gasteiger partial charge is 0.285 e. The number of fused-ring (bicyclic) bond motifs is 1. The van der Waals surface area contributed by atoms with Gasteiger partial charge in [0.15, 0.2) is 5.65 Å². The largest absolute Gasteiger partial charge is 0.331 e. The van der Waals surface area contributed by atoms with Crippen molar-refractivity contribution >= 4 is 32.9 Å². The zero-order chi connectivity index (χ0) is 17.3. The van der Waals surface area contributed by atoms with E-state index in [-0.39, 0.29) is 16.2 Å². The van der Waals surface area contributed by atoms with Crippen molar-refractivity contribution < 1.29 is 21.5 Å². The Kier molecular flexibility index (Phi) is 4.37. The van der Waals surface area contributed by atoms with Gasteiger partial charge in [-0.25, -0.2) is 18.7 Å². The molecule has 0 fully saturated rings. The van der Waals surface area contributed by atoms with Gasteiger partial charge >= 0.3 is 10.1 Å². The number of rotatable bonds is 5. The molecule has 0 saturated heterocycles. The molecule has 3 rings (SSSR count). The van der Waals surface area contributed by atoms with E-state index in [1.54, 1.807) is 30.3 Å². The van der Waals surface area contributed by atoms with Crippen LogP contribution in [0.3, 0.4) is 0 Å². The Labute approximate surface area is 140 Å². The molecule has 2 heterocycles. The average molecular weight is 374 g/mol. The second-order valence-corrected chi connectivity index (χ2v) is 6.81. The minimum Gasteiger partial charge on any atom is -0.285 e. The lowest BCUT2D eigenvalue weighted by Gasteiger charge is -2.10. The quantitative estimate of drug-likeness (QED) is 0.687. The summed E-state index contributed by atoms with van der Waals surface area (Å²) < 4.78 is 56.0. The molecule has 3 aromatic rings. The van der Waals surface area contributed by atoms with Crippen molar-refractivity contribution in [3.63, 3.8) is 0 Å². The van der Waals surface area contributed by atoms with E-state index in [4.69, 9.17) is 15.9 Å². The zero-order valence-corrected chi connectivity index (χ0v) is 13.5. The number of benzene rings is 1. The molecule has 6 nitrogen and oxygen atoms in total. The highest BCUT2D eigenvalue weighted by molar-refractivity contribution is 7.86. The zero-order valence-electron chi connectivity index (χ0n) is 11.9. The van der Waals surface area contributed by atoms with Crippen LogP contribution in [-0.2, 0) is 15.9 Å². The van der Waals surface area contributed by atoms with Gasteiger partial charge in [0.1, 0.15) is 11.3 Å². The van der Waals surface area contributed by atoms with Gasteiger partial charge in [-0.15, -0.1) is 4.73 Å². The van der Waals surface area contributed by atoms with Gasteiger partial charge in [0, 0.05) is 6.20 Å². The predicted octanol–water partition coefficient (Wildman–Crippen LogP) is 2.98. The Hall–Kier alpha value is -2.26. The van der Waals surface area contributed by atoms with Crippen LogP contribution >= 0.6 is 11.6 Å². The first-order valence-electron chi connectivity index (χ1n) is 6.64. The van der Waals surface area contributed by atoms with E-state index in [9.17, 15) is 17.2 Å². The molecule has 0 aliphatic rings. The van der Waals surface area contributed by atoms with Crippen LogP contribution in [0.4, 0.5) is 8.78 Å². The molecular formula is C14H10ClF2N3O3S. The van der Waals surface area contributed by atoms with Crippen LogP contribution in [0.2, 0.25) is 5.02 Å². The maximum absolute atomic E-state index is 13.1. The predicted molar refractivity (Wildman–Crippen MR) is 83.1 cm³/mol. The van der Waals surface area contributed by atoms with E-state index < -0.39 is 28.1 Å². The second kappa shape index (κ2) is 6.33. The molecule has 0 unspecified atom stereocenters. The fourth-order valence-electron chi connectivity index (χ4n) is 2.07. The van der Waals surface area contributed by atoms with E-state index in [2.05, 4.69) is 9.97 Å². The summed E-state index contributed by atoms with van der Waals surface area (Å²) in [5.74, 6) is -1.35. The van der Waals surface area contributed by atoms with Crippen molar-refractivity contribution in [2.24, 2.45) is 0 Å². The minimum absolute atomic E-state index is 0.0607. The summed E-state index contributed by atoms with van der Waals surface area (Å²) in [6, 6.07) is 9.46. The summed E-state index contributed by atoms with van der Waals surface area (Å²) in [4.78, 5) is 7.38. The van der Waals surface area contributed by atoms with Gasteiger partial charge in [0.2, 0.25) is 5.82 Å². The molecule has 0 amide bonds. The van der Waals surface area contributed by atoms with Crippen LogP contribution in [0.15, 0.2) is 42.6 Å². The molecule has 2 aromatic heterocycles. The topological polar surface area (TPSA) is 74.1 Å². The summed E-state index contributed by atoms with van der Waals surface area (Å²) in [6.45, 7) is 0. The third kappa shape index (κ3) is 3.46. The van der Waals surface area contributed by atoms with Crippen LogP contribution < -0.4 is 4.28 Å². The highest BCUT2D eigenvalue weighted by Gasteiger charge is 2.25. The van der Waals surface area contributed by atoms with Crippen LogP contribution in [0, 0.1) is 0 Å². The van der Waals surface area contributed by atoms with Gasteiger partial charge in [-0.1, -0.05) is 41.9 Å². The number of pyridine rings is 1. The monoisotopic (exact) mass is 373 g/mol. The summed E-state index contributed by atoms with van der Waals surface area (Å²) in [7, 11) is -4.20. The number of hydrogen-bond acceptors (Lipinski definition) is 5. The first-order chi connectivity index (χ1) is 11.4. The fourth-order valence-corrected chi connectivity index (χ4v) is 3.26. The fraction of sp³-hybridized carbons (Fsp3) is 0.143. The van der Waals surface area contributed by atoms with E-state index in [1.165, 1.54) is 12.3 Å². The van der Waals surface area contributed by atoms with E-state index in [0.29, 0.717) is 10.3 Å². The molecule has 0 atom stereocenters. The first-order valence-corrected chi connectivity index (χ1v) is 8.60. The molecule has 1 aromatic carbocycles. The van der Waals surface area contributed by atoms with Crippen molar-refractivity contribution in [1.29, 1.82) is 0 Å². The van der Waals surface area contributed by atoms with E-state index >= 15 is 0 Å². The SMILES string of the molecule is O=S(=O)(Cc1ccccc1)On1c(C(F)F)nc2ncc(Cl)cc21. The second-order valence-electron chi connectivity index (χ2n) is 4.82. The highest BCUT2D eigenvalue weighted by Crippen LogP contribution is 2.24. The molecule has 24 heavy (non-hydrogen) atoms. The molecule has 0 aliphatic carbocycles. The van der Waals surface area contributed by atoms with Crippen LogP contribution in [0.5, 0.6) is 0 Å². The Balaban J connectivity index is 2.02. The number of hydrogen-bond donors (Lipinski definition) is 0. The lowest BCUT2D eigenvalue weighted by atomic mass is 10.2. The maximum atomic E-state index is 13.1. The number of halogens is 3. The van der Waals surface area contributed by atoms with Gasteiger partial charge in [-0.05, 0) is 11.6 Å². The van der Waals surface area contributed by atoms with Gasteiger partial charge in [-0.3, -0.25) is 4.28 Å². The summed E-state index contributed by atoms with van der Waals surface area (Å²) >= 11 is 5.78. The summed E-state index contributed by atoms with van der Waals surface area (Å²) in [5.41, 5.74) is 0.302. The first kappa shape index (κ1) is 16.6. The van der Waals surface area contributed by atoms with Crippen LogP contribution in [-0.4, -0.2) is 23.1 Å². The number of alkyl halides is 2. The molecule has 0 spiro atoms. The van der Waals surface area contributed by atoms with Gasteiger partial charge < -0.3 is 0 Å². The molecule has 10 heteroatoms. The summed E-state index contributed by atoms with van der Waals surface area (Å²) in [6.07, 6.45) is -1.83. The van der Waals surface area contributed by atoms with Crippen molar-refractivity contribution in [3.05, 3.63) is 59.0 Å². The molecule has 0 N–H and O–H groups in total. The normalized spacial score (nSPS) is 12.0. The van der Waals surface area contributed by atoms with E-state index in [0.717, 1.165) is 0 Å². The Morgan fingerprint density at radius 3 is 2.62 bits per heavy atom. The minimum atomic E-state index is -4.20. The van der Waals surface area contributed by atoms with Gasteiger partial charge in [0.05, 0.1) is 5.02 Å². The van der Waals surface area contributed by atoms with Gasteiger partial charge in [0.25, 0.3) is 6.43 Å².